The minimum absolute atomic E-state index is 0.426. The quantitative estimate of drug-likeness (QED) is 0.202. The van der Waals surface area contributed by atoms with E-state index in [0.29, 0.717) is 22.4 Å². The lowest BCUT2D eigenvalue weighted by molar-refractivity contribution is 0.670. The molecule has 0 fully saturated rings. The highest BCUT2D eigenvalue weighted by molar-refractivity contribution is 6.21. The van der Waals surface area contributed by atoms with Crippen LogP contribution in [0.4, 0.5) is 5.69 Å². The number of para-hydroxylation sites is 4. The Labute approximate surface area is 244 Å². The lowest BCUT2D eigenvalue weighted by Crippen LogP contribution is -2.03. The van der Waals surface area contributed by atoms with E-state index in [4.69, 9.17) is 16.0 Å². The summed E-state index contributed by atoms with van der Waals surface area (Å²) in [5.74, 6) is 1.54. The van der Waals surface area contributed by atoms with Gasteiger partial charge in [-0.2, -0.15) is 5.26 Å². The van der Waals surface area contributed by atoms with Crippen molar-refractivity contribution < 1.29 is 4.42 Å². The third-order valence-corrected chi connectivity index (χ3v) is 8.39. The maximum Gasteiger partial charge on any atom is 0.229 e. The first-order chi connectivity index (χ1) is 21.3. The number of rotatable bonds is 2. The number of nitrogens with zero attached hydrogens (tertiary/aromatic N) is 5. The average molecular weight is 550 g/mol. The monoisotopic (exact) mass is 549 g/mol. The lowest BCUT2D eigenvalue weighted by Gasteiger charge is -2.11. The first kappa shape index (κ1) is 23.3. The third kappa shape index (κ3) is 3.07. The topological polar surface area (TPSA) is 64.0 Å². The van der Waals surface area contributed by atoms with Gasteiger partial charge in [-0.25, -0.2) is 9.83 Å². The van der Waals surface area contributed by atoms with Crippen LogP contribution in [-0.2, 0) is 0 Å². The van der Waals surface area contributed by atoms with Crippen LogP contribution < -0.4 is 0 Å². The maximum atomic E-state index is 10.5. The number of nitriles is 1. The van der Waals surface area contributed by atoms with Gasteiger partial charge < -0.3 is 4.42 Å². The van der Waals surface area contributed by atoms with Crippen LogP contribution in [-0.4, -0.2) is 14.1 Å². The van der Waals surface area contributed by atoms with Crippen LogP contribution in [0, 0.1) is 17.9 Å². The summed E-state index contributed by atoms with van der Waals surface area (Å²) in [4.78, 5) is 8.91. The molecule has 198 valence electrons. The summed E-state index contributed by atoms with van der Waals surface area (Å²) in [6, 6.07) is 41.0. The number of benzene rings is 5. The van der Waals surface area contributed by atoms with Crippen molar-refractivity contribution in [2.45, 2.75) is 0 Å². The van der Waals surface area contributed by atoms with Gasteiger partial charge in [0, 0.05) is 32.3 Å². The van der Waals surface area contributed by atoms with Gasteiger partial charge in [-0.3, -0.25) is 9.13 Å². The van der Waals surface area contributed by atoms with Crippen molar-refractivity contribution >= 4 is 71.2 Å². The standard InChI is InChI=1S/C37H19N5O/c1-39-28-14-8-13-24-26-20-32-35(27(21-38)36(26)43-37(24)28)25-12-4-7-17-31(25)42(32)34-19-9-18-33(40-34)41-29-15-5-2-10-22(29)23-11-3-6-16-30(23)41/h2-20H. The predicted molar refractivity (Wildman–Crippen MR) is 171 cm³/mol. The van der Waals surface area contributed by atoms with E-state index >= 15 is 0 Å². The van der Waals surface area contributed by atoms with E-state index < -0.39 is 0 Å². The minimum Gasteiger partial charge on any atom is -0.466 e. The van der Waals surface area contributed by atoms with Crippen molar-refractivity contribution in [2.75, 3.05) is 0 Å². The zero-order valence-corrected chi connectivity index (χ0v) is 22.6. The van der Waals surface area contributed by atoms with Gasteiger partial charge in [-0.05, 0) is 36.4 Å². The van der Waals surface area contributed by atoms with E-state index in [9.17, 15) is 5.26 Å². The first-order valence-corrected chi connectivity index (χ1v) is 13.9. The molecular formula is C37H19N5O. The Balaban J connectivity index is 1.40. The van der Waals surface area contributed by atoms with Crippen LogP contribution in [0.2, 0.25) is 0 Å². The highest BCUT2D eigenvalue weighted by Gasteiger charge is 2.23. The second kappa shape index (κ2) is 8.57. The van der Waals surface area contributed by atoms with Gasteiger partial charge in [0.25, 0.3) is 0 Å². The van der Waals surface area contributed by atoms with E-state index in [1.165, 1.54) is 10.8 Å². The average Bonchev–Trinajstić information content (AvgIpc) is 3.71. The maximum absolute atomic E-state index is 10.5. The molecule has 0 saturated carbocycles. The third-order valence-electron chi connectivity index (χ3n) is 8.39. The Hall–Kier alpha value is -6.37. The number of aromatic nitrogens is 3. The molecule has 4 heterocycles. The molecule has 9 aromatic rings. The fraction of sp³-hybridized carbons (Fsp3) is 0. The minimum atomic E-state index is 0.426. The Morgan fingerprint density at radius 2 is 1.16 bits per heavy atom. The van der Waals surface area contributed by atoms with Gasteiger partial charge in [-0.15, -0.1) is 0 Å². The van der Waals surface area contributed by atoms with Crippen LogP contribution in [0.1, 0.15) is 5.56 Å². The molecule has 0 bridgehead atoms. The lowest BCUT2D eigenvalue weighted by atomic mass is 10.0. The number of hydrogen-bond acceptors (Lipinski definition) is 3. The van der Waals surface area contributed by atoms with E-state index in [-0.39, 0.29) is 0 Å². The highest BCUT2D eigenvalue weighted by atomic mass is 16.3. The predicted octanol–water partition coefficient (Wildman–Crippen LogP) is 9.60. The molecule has 0 atom stereocenters. The number of furan rings is 1. The molecule has 0 amide bonds. The molecule has 0 radical (unpaired) electrons. The normalized spacial score (nSPS) is 11.7. The highest BCUT2D eigenvalue weighted by Crippen LogP contribution is 2.43. The van der Waals surface area contributed by atoms with Gasteiger partial charge in [0.15, 0.2) is 5.58 Å². The molecular weight excluding hydrogens is 530 g/mol. The van der Waals surface area contributed by atoms with Crippen molar-refractivity contribution in [1.29, 1.82) is 5.26 Å². The number of hydrogen-bond donors (Lipinski definition) is 0. The molecule has 0 aliphatic carbocycles. The smallest absolute Gasteiger partial charge is 0.229 e. The molecule has 0 saturated heterocycles. The van der Waals surface area contributed by atoms with Crippen LogP contribution in [0.5, 0.6) is 0 Å². The van der Waals surface area contributed by atoms with Crippen LogP contribution in [0.25, 0.3) is 82.0 Å². The fourth-order valence-electron chi connectivity index (χ4n) is 6.63. The molecule has 43 heavy (non-hydrogen) atoms. The van der Waals surface area contributed by atoms with Crippen LogP contribution >= 0.6 is 0 Å². The van der Waals surface area contributed by atoms with Crippen LogP contribution in [0.3, 0.4) is 0 Å². The summed E-state index contributed by atoms with van der Waals surface area (Å²) in [7, 11) is 0. The zero-order valence-electron chi connectivity index (χ0n) is 22.6. The van der Waals surface area contributed by atoms with Gasteiger partial charge in [-0.1, -0.05) is 78.9 Å². The zero-order chi connectivity index (χ0) is 28.7. The van der Waals surface area contributed by atoms with Gasteiger partial charge in [0.05, 0.1) is 28.6 Å². The Bertz CT molecular complexity index is 2660. The van der Waals surface area contributed by atoms with Crippen molar-refractivity contribution in [3.8, 4) is 17.7 Å². The molecule has 6 nitrogen and oxygen atoms in total. The number of fused-ring (bicyclic) bond motifs is 9. The molecule has 0 spiro atoms. The van der Waals surface area contributed by atoms with Crippen LogP contribution in [0.15, 0.2) is 120 Å². The van der Waals surface area contributed by atoms with Crippen molar-refractivity contribution in [3.05, 3.63) is 132 Å². The molecule has 0 aliphatic heterocycles. The van der Waals surface area contributed by atoms with Gasteiger partial charge in [0.2, 0.25) is 5.69 Å². The molecule has 6 heteroatoms. The van der Waals surface area contributed by atoms with Crippen molar-refractivity contribution in [3.63, 3.8) is 0 Å². The Kier molecular flexibility index (Phi) is 4.65. The molecule has 5 aromatic carbocycles. The van der Waals surface area contributed by atoms with Gasteiger partial charge >= 0.3 is 0 Å². The van der Waals surface area contributed by atoms with Crippen molar-refractivity contribution in [2.24, 2.45) is 0 Å². The molecule has 0 unspecified atom stereocenters. The fourth-order valence-corrected chi connectivity index (χ4v) is 6.63. The van der Waals surface area contributed by atoms with E-state index in [1.807, 2.05) is 48.5 Å². The first-order valence-electron chi connectivity index (χ1n) is 13.9. The summed E-state index contributed by atoms with van der Waals surface area (Å²) in [5.41, 5.74) is 5.85. The molecule has 4 aromatic heterocycles. The summed E-state index contributed by atoms with van der Waals surface area (Å²) < 4.78 is 10.6. The Morgan fingerprint density at radius 3 is 1.81 bits per heavy atom. The largest absolute Gasteiger partial charge is 0.466 e. The van der Waals surface area contributed by atoms with E-state index in [2.05, 4.69) is 80.7 Å². The van der Waals surface area contributed by atoms with E-state index in [0.717, 1.165) is 55.2 Å². The number of pyridine rings is 1. The van der Waals surface area contributed by atoms with Gasteiger partial charge in [0.1, 0.15) is 28.9 Å². The summed E-state index contributed by atoms with van der Waals surface area (Å²) in [6.45, 7) is 7.63. The summed E-state index contributed by atoms with van der Waals surface area (Å²) in [5, 5.41) is 16.2. The summed E-state index contributed by atoms with van der Waals surface area (Å²) >= 11 is 0. The molecule has 0 N–H and O–H groups in total. The Morgan fingerprint density at radius 1 is 0.605 bits per heavy atom. The second-order valence-electron chi connectivity index (χ2n) is 10.6. The van der Waals surface area contributed by atoms with E-state index in [1.54, 1.807) is 6.07 Å². The molecule has 0 aliphatic rings. The molecule has 9 rings (SSSR count). The SMILES string of the molecule is [C-]#[N+]c1cccc2c1oc1c(C#N)c3c4ccccc4n(-c4cccc(-n5c6ccccc6c6ccccc65)n4)c3cc12. The van der Waals surface area contributed by atoms with Crippen molar-refractivity contribution in [1.82, 2.24) is 14.1 Å². The summed E-state index contributed by atoms with van der Waals surface area (Å²) in [6.07, 6.45) is 0. The second-order valence-corrected chi connectivity index (χ2v) is 10.6.